The van der Waals surface area contributed by atoms with Crippen LogP contribution in [0.4, 0.5) is 0 Å². The van der Waals surface area contributed by atoms with E-state index in [1.807, 2.05) is 18.2 Å². The van der Waals surface area contributed by atoms with Gasteiger partial charge in [-0.15, -0.1) is 0 Å². The lowest BCUT2D eigenvalue weighted by atomic mass is 10.0. The molecule has 3 rings (SSSR count). The van der Waals surface area contributed by atoms with Crippen LogP contribution < -0.4 is 0 Å². The van der Waals surface area contributed by atoms with Crippen molar-refractivity contribution in [2.75, 3.05) is 0 Å². The molecule has 3 aromatic rings. The third-order valence-electron chi connectivity index (χ3n) is 3.84. The zero-order chi connectivity index (χ0) is 18.7. The number of hydrogen-bond donors (Lipinski definition) is 0. The highest BCUT2D eigenvalue weighted by Crippen LogP contribution is 2.28. The third-order valence-corrected chi connectivity index (χ3v) is 4.34. The van der Waals surface area contributed by atoms with Crippen LogP contribution in [0.15, 0.2) is 64.6 Å². The molecule has 1 heterocycles. The SMILES string of the molecule is Cc1oc(-c2ccc(Cl)cc2)cc1C(=O)C(C#N)=Cc1ccc(Cl)cc1. The van der Waals surface area contributed by atoms with E-state index in [1.165, 1.54) is 6.08 Å². The largest absolute Gasteiger partial charge is 0.461 e. The molecule has 5 heteroatoms. The lowest BCUT2D eigenvalue weighted by Crippen LogP contribution is -2.02. The molecule has 0 amide bonds. The second-order valence-corrected chi connectivity index (χ2v) is 6.51. The average molecular weight is 382 g/mol. The van der Waals surface area contributed by atoms with Crippen molar-refractivity contribution >= 4 is 35.1 Å². The number of rotatable bonds is 4. The van der Waals surface area contributed by atoms with E-state index in [0.29, 0.717) is 27.1 Å². The molecule has 0 saturated heterocycles. The van der Waals surface area contributed by atoms with Crippen LogP contribution in [0, 0.1) is 18.3 Å². The van der Waals surface area contributed by atoms with Crippen LogP contribution in [0.1, 0.15) is 21.7 Å². The maximum Gasteiger partial charge on any atom is 0.207 e. The maximum atomic E-state index is 12.8. The van der Waals surface area contributed by atoms with Crippen molar-refractivity contribution in [1.82, 2.24) is 0 Å². The molecule has 0 aliphatic heterocycles. The predicted molar refractivity (Wildman–Crippen MR) is 103 cm³/mol. The normalized spacial score (nSPS) is 11.2. The van der Waals surface area contributed by atoms with E-state index in [-0.39, 0.29) is 11.4 Å². The fourth-order valence-electron chi connectivity index (χ4n) is 2.48. The standard InChI is InChI=1S/C21H13Cl2NO2/c1-13-19(11-20(26-13)15-4-8-18(23)9-5-15)21(25)16(12-24)10-14-2-6-17(22)7-3-14/h2-11H,1H3. The Morgan fingerprint density at radius 3 is 2.19 bits per heavy atom. The highest BCUT2D eigenvalue weighted by molar-refractivity contribution is 6.30. The second-order valence-electron chi connectivity index (χ2n) is 5.64. The van der Waals surface area contributed by atoms with Gasteiger partial charge in [0.25, 0.3) is 0 Å². The molecule has 0 radical (unpaired) electrons. The van der Waals surface area contributed by atoms with Crippen LogP contribution in [0.2, 0.25) is 10.0 Å². The molecule has 1 aromatic heterocycles. The van der Waals surface area contributed by atoms with Gasteiger partial charge >= 0.3 is 0 Å². The van der Waals surface area contributed by atoms with E-state index in [2.05, 4.69) is 0 Å². The summed E-state index contributed by atoms with van der Waals surface area (Å²) in [6.07, 6.45) is 1.53. The van der Waals surface area contributed by atoms with Crippen molar-refractivity contribution in [1.29, 1.82) is 5.26 Å². The van der Waals surface area contributed by atoms with Gasteiger partial charge in [-0.25, -0.2) is 0 Å². The second kappa shape index (κ2) is 7.61. The number of carbonyl (C=O) groups excluding carboxylic acids is 1. The Labute approximate surface area is 161 Å². The summed E-state index contributed by atoms with van der Waals surface area (Å²) < 4.78 is 5.70. The molecule has 2 aromatic carbocycles. The number of benzene rings is 2. The highest BCUT2D eigenvalue weighted by Gasteiger charge is 2.19. The number of Topliss-reactive ketones (excluding diaryl/α,β-unsaturated/α-hetero) is 1. The summed E-state index contributed by atoms with van der Waals surface area (Å²) >= 11 is 11.8. The molecule has 0 aliphatic carbocycles. The number of aryl methyl sites for hydroxylation is 1. The number of carbonyl (C=O) groups is 1. The molecular formula is C21H13Cl2NO2. The van der Waals surface area contributed by atoms with Crippen LogP contribution in [0.3, 0.4) is 0 Å². The third kappa shape index (κ3) is 3.88. The Balaban J connectivity index is 1.95. The minimum Gasteiger partial charge on any atom is -0.461 e. The summed E-state index contributed by atoms with van der Waals surface area (Å²) in [5.41, 5.74) is 1.91. The number of halogens is 2. The monoisotopic (exact) mass is 381 g/mol. The predicted octanol–water partition coefficient (Wildman–Crippen LogP) is 6.35. The van der Waals surface area contributed by atoms with Gasteiger partial charge in [0.05, 0.1) is 5.56 Å². The lowest BCUT2D eigenvalue weighted by molar-refractivity contribution is 0.103. The van der Waals surface area contributed by atoms with E-state index in [1.54, 1.807) is 49.4 Å². The van der Waals surface area contributed by atoms with Gasteiger partial charge in [0.1, 0.15) is 23.2 Å². The molecule has 3 nitrogen and oxygen atoms in total. The summed E-state index contributed by atoms with van der Waals surface area (Å²) in [4.78, 5) is 12.8. The first-order valence-electron chi connectivity index (χ1n) is 7.76. The fraction of sp³-hybridized carbons (Fsp3) is 0.0476. The number of furan rings is 1. The number of hydrogen-bond acceptors (Lipinski definition) is 3. The van der Waals surface area contributed by atoms with E-state index < -0.39 is 0 Å². The quantitative estimate of drug-likeness (QED) is 0.300. The zero-order valence-electron chi connectivity index (χ0n) is 13.8. The maximum absolute atomic E-state index is 12.8. The van der Waals surface area contributed by atoms with E-state index in [4.69, 9.17) is 27.6 Å². The zero-order valence-corrected chi connectivity index (χ0v) is 15.3. The smallest absolute Gasteiger partial charge is 0.207 e. The van der Waals surface area contributed by atoms with Gasteiger partial charge in [0.15, 0.2) is 0 Å². The van der Waals surface area contributed by atoms with Crippen molar-refractivity contribution < 1.29 is 9.21 Å². The number of nitriles is 1. The molecule has 0 atom stereocenters. The van der Waals surface area contributed by atoms with E-state index in [0.717, 1.165) is 11.1 Å². The van der Waals surface area contributed by atoms with Crippen molar-refractivity contribution in [2.24, 2.45) is 0 Å². The Morgan fingerprint density at radius 2 is 1.62 bits per heavy atom. The molecule has 0 unspecified atom stereocenters. The van der Waals surface area contributed by atoms with Crippen LogP contribution in [0.5, 0.6) is 0 Å². The van der Waals surface area contributed by atoms with Gasteiger partial charge in [-0.05, 0) is 61.0 Å². The van der Waals surface area contributed by atoms with Gasteiger partial charge in [-0.3, -0.25) is 4.79 Å². The van der Waals surface area contributed by atoms with Gasteiger partial charge < -0.3 is 4.42 Å². The molecule has 0 N–H and O–H groups in total. The number of allylic oxidation sites excluding steroid dienone is 1. The molecule has 0 aliphatic rings. The molecule has 0 fully saturated rings. The summed E-state index contributed by atoms with van der Waals surface area (Å²) in [6.45, 7) is 1.70. The number of ketones is 1. The molecule has 0 saturated carbocycles. The van der Waals surface area contributed by atoms with Crippen molar-refractivity contribution in [3.63, 3.8) is 0 Å². The van der Waals surface area contributed by atoms with Crippen molar-refractivity contribution in [3.8, 4) is 17.4 Å². The van der Waals surface area contributed by atoms with E-state index in [9.17, 15) is 10.1 Å². The average Bonchev–Trinajstić information content (AvgIpc) is 3.03. The summed E-state index contributed by atoms with van der Waals surface area (Å²) in [5.74, 6) is 0.618. The summed E-state index contributed by atoms with van der Waals surface area (Å²) in [5, 5.41) is 10.6. The van der Waals surface area contributed by atoms with Crippen LogP contribution in [0.25, 0.3) is 17.4 Å². The minimum absolute atomic E-state index is 0.0267. The Morgan fingerprint density at radius 1 is 1.04 bits per heavy atom. The fourth-order valence-corrected chi connectivity index (χ4v) is 2.74. The van der Waals surface area contributed by atoms with Crippen LogP contribution in [-0.4, -0.2) is 5.78 Å². The molecule has 26 heavy (non-hydrogen) atoms. The number of nitrogens with zero attached hydrogens (tertiary/aromatic N) is 1. The Bertz CT molecular complexity index is 1020. The van der Waals surface area contributed by atoms with Crippen molar-refractivity contribution in [3.05, 3.63) is 87.1 Å². The Hall–Kier alpha value is -2.80. The van der Waals surface area contributed by atoms with Gasteiger partial charge in [-0.2, -0.15) is 5.26 Å². The molecule has 0 spiro atoms. The van der Waals surface area contributed by atoms with Crippen molar-refractivity contribution in [2.45, 2.75) is 6.92 Å². The first kappa shape index (κ1) is 18.0. The van der Waals surface area contributed by atoms with Gasteiger partial charge in [0.2, 0.25) is 5.78 Å². The van der Waals surface area contributed by atoms with Crippen LogP contribution in [-0.2, 0) is 0 Å². The Kier molecular flexibility index (Phi) is 5.27. The molecular weight excluding hydrogens is 369 g/mol. The molecule has 128 valence electrons. The lowest BCUT2D eigenvalue weighted by Gasteiger charge is -1.98. The van der Waals surface area contributed by atoms with Crippen LogP contribution >= 0.6 is 23.2 Å². The molecule has 0 bridgehead atoms. The topological polar surface area (TPSA) is 54.0 Å². The van der Waals surface area contributed by atoms with Gasteiger partial charge in [-0.1, -0.05) is 35.3 Å². The summed E-state index contributed by atoms with van der Waals surface area (Å²) in [6, 6.07) is 17.6. The van der Waals surface area contributed by atoms with E-state index >= 15 is 0 Å². The minimum atomic E-state index is -0.385. The van der Waals surface area contributed by atoms with Gasteiger partial charge in [0, 0.05) is 15.6 Å². The summed E-state index contributed by atoms with van der Waals surface area (Å²) in [7, 11) is 0. The first-order valence-corrected chi connectivity index (χ1v) is 8.52. The highest BCUT2D eigenvalue weighted by atomic mass is 35.5. The first-order chi connectivity index (χ1) is 12.5.